The highest BCUT2D eigenvalue weighted by Gasteiger charge is 2.29. The Hall–Kier alpha value is -1.34. The van der Waals surface area contributed by atoms with Crippen LogP contribution in [0.5, 0.6) is 5.75 Å². The van der Waals surface area contributed by atoms with Crippen LogP contribution in [0.15, 0.2) is 21.3 Å². The van der Waals surface area contributed by atoms with Gasteiger partial charge in [0.1, 0.15) is 17.6 Å². The Labute approximate surface area is 105 Å². The minimum atomic E-state index is -3.17. The number of sulfonamides is 1. The first-order valence-electron chi connectivity index (χ1n) is 5.58. The van der Waals surface area contributed by atoms with Gasteiger partial charge < -0.3 is 9.15 Å². The van der Waals surface area contributed by atoms with Crippen molar-refractivity contribution in [2.24, 2.45) is 0 Å². The van der Waals surface area contributed by atoms with E-state index in [4.69, 9.17) is 9.15 Å². The third-order valence-corrected chi connectivity index (χ3v) is 4.02. The number of aryl methyl sites for hydroxylation is 1. The van der Waals surface area contributed by atoms with Crippen LogP contribution in [0.25, 0.3) is 0 Å². The topological polar surface area (TPSA) is 76.8 Å². The third-order valence-electron chi connectivity index (χ3n) is 2.75. The predicted octanol–water partition coefficient (Wildman–Crippen LogP) is 0.361. The Kier molecular flexibility index (Phi) is 3.45. The molecule has 0 amide bonds. The minimum Gasteiger partial charge on any atom is -0.489 e. The molecular formula is C11H15NO5S. The number of hydrogen-bond donors (Lipinski definition) is 0. The molecule has 100 valence electrons. The van der Waals surface area contributed by atoms with Gasteiger partial charge in [0.15, 0.2) is 0 Å². The lowest BCUT2D eigenvalue weighted by Crippen LogP contribution is -2.30. The number of hydrogen-bond acceptors (Lipinski definition) is 5. The Morgan fingerprint density at radius 2 is 2.17 bits per heavy atom. The standard InChI is InChI=1S/C11H15NO5S/c1-8-5-10(6-11(13)16-8)17-9-3-4-12(7-9)18(2,14)15/h5-6,9H,3-4,7H2,1-2H3. The largest absolute Gasteiger partial charge is 0.489 e. The molecule has 1 aromatic rings. The highest BCUT2D eigenvalue weighted by molar-refractivity contribution is 7.88. The molecule has 7 heteroatoms. The van der Waals surface area contributed by atoms with Gasteiger partial charge in [-0.05, 0) is 13.3 Å². The van der Waals surface area contributed by atoms with Gasteiger partial charge in [0.05, 0.1) is 18.9 Å². The second kappa shape index (κ2) is 4.74. The number of rotatable bonds is 3. The Morgan fingerprint density at radius 3 is 2.72 bits per heavy atom. The fourth-order valence-corrected chi connectivity index (χ4v) is 2.81. The molecule has 1 atom stereocenters. The van der Waals surface area contributed by atoms with Gasteiger partial charge in [-0.3, -0.25) is 0 Å². The zero-order valence-corrected chi connectivity index (χ0v) is 11.1. The zero-order valence-electron chi connectivity index (χ0n) is 10.3. The van der Waals surface area contributed by atoms with Crippen molar-refractivity contribution in [3.8, 4) is 5.75 Å². The molecule has 0 N–H and O–H groups in total. The predicted molar refractivity (Wildman–Crippen MR) is 65.2 cm³/mol. The van der Waals surface area contributed by atoms with Gasteiger partial charge in [0.25, 0.3) is 0 Å². The Balaban J connectivity index is 2.06. The van der Waals surface area contributed by atoms with E-state index in [9.17, 15) is 13.2 Å². The van der Waals surface area contributed by atoms with E-state index in [1.54, 1.807) is 13.0 Å². The molecule has 0 spiro atoms. The summed E-state index contributed by atoms with van der Waals surface area (Å²) in [7, 11) is -3.17. The van der Waals surface area contributed by atoms with Crippen molar-refractivity contribution in [2.75, 3.05) is 19.3 Å². The number of ether oxygens (including phenoxy) is 1. The second-order valence-corrected chi connectivity index (χ2v) is 6.35. The maximum absolute atomic E-state index is 11.3. The average Bonchev–Trinajstić information content (AvgIpc) is 2.63. The molecule has 1 aliphatic heterocycles. The van der Waals surface area contributed by atoms with Crippen LogP contribution in [0.2, 0.25) is 0 Å². The van der Waals surface area contributed by atoms with Gasteiger partial charge in [0.2, 0.25) is 10.0 Å². The van der Waals surface area contributed by atoms with Crippen LogP contribution in [0, 0.1) is 6.92 Å². The first-order valence-corrected chi connectivity index (χ1v) is 7.43. The molecule has 18 heavy (non-hydrogen) atoms. The van der Waals surface area contributed by atoms with E-state index in [-0.39, 0.29) is 6.10 Å². The first kappa shape index (κ1) is 13.1. The van der Waals surface area contributed by atoms with Crippen molar-refractivity contribution in [1.29, 1.82) is 0 Å². The van der Waals surface area contributed by atoms with Crippen LogP contribution in [-0.2, 0) is 10.0 Å². The molecule has 6 nitrogen and oxygen atoms in total. The summed E-state index contributed by atoms with van der Waals surface area (Å²) in [5.41, 5.74) is -0.469. The Morgan fingerprint density at radius 1 is 1.44 bits per heavy atom. The van der Waals surface area contributed by atoms with Crippen molar-refractivity contribution in [3.05, 3.63) is 28.3 Å². The van der Waals surface area contributed by atoms with Crippen LogP contribution < -0.4 is 10.4 Å². The van der Waals surface area contributed by atoms with Gasteiger partial charge in [-0.2, -0.15) is 4.31 Å². The van der Waals surface area contributed by atoms with E-state index < -0.39 is 15.6 Å². The molecule has 1 aromatic heterocycles. The summed E-state index contributed by atoms with van der Waals surface area (Å²) in [6.45, 7) is 2.42. The first-order chi connectivity index (χ1) is 8.34. The lowest BCUT2D eigenvalue weighted by Gasteiger charge is -2.14. The lowest BCUT2D eigenvalue weighted by atomic mass is 10.3. The zero-order chi connectivity index (χ0) is 13.3. The second-order valence-electron chi connectivity index (χ2n) is 4.37. The molecule has 0 saturated carbocycles. The van der Waals surface area contributed by atoms with Gasteiger partial charge in [-0.25, -0.2) is 13.2 Å². The summed E-state index contributed by atoms with van der Waals surface area (Å²) in [5, 5.41) is 0. The normalized spacial score (nSPS) is 21.1. The van der Waals surface area contributed by atoms with Crippen LogP contribution in [-0.4, -0.2) is 38.2 Å². The fourth-order valence-electron chi connectivity index (χ4n) is 1.93. The summed E-state index contributed by atoms with van der Waals surface area (Å²) in [5.74, 6) is 0.888. The van der Waals surface area contributed by atoms with Crippen LogP contribution in [0.1, 0.15) is 12.2 Å². The molecule has 0 radical (unpaired) electrons. The Bertz CT molecular complexity index is 592. The lowest BCUT2D eigenvalue weighted by molar-refractivity contribution is 0.213. The van der Waals surface area contributed by atoms with Crippen LogP contribution >= 0.6 is 0 Å². The van der Waals surface area contributed by atoms with E-state index in [0.29, 0.717) is 31.0 Å². The van der Waals surface area contributed by atoms with Gasteiger partial charge in [-0.15, -0.1) is 0 Å². The van der Waals surface area contributed by atoms with E-state index in [0.717, 1.165) is 0 Å². The molecular weight excluding hydrogens is 258 g/mol. The summed E-state index contributed by atoms with van der Waals surface area (Å²) in [6, 6.07) is 2.88. The molecule has 1 saturated heterocycles. The van der Waals surface area contributed by atoms with Crippen LogP contribution in [0.3, 0.4) is 0 Å². The molecule has 2 heterocycles. The summed E-state index contributed by atoms with van der Waals surface area (Å²) in [4.78, 5) is 11.2. The van der Waals surface area contributed by atoms with E-state index in [2.05, 4.69) is 0 Å². The van der Waals surface area contributed by atoms with Crippen LogP contribution in [0.4, 0.5) is 0 Å². The summed E-state index contributed by atoms with van der Waals surface area (Å²) < 4.78 is 34.5. The minimum absolute atomic E-state index is 0.221. The molecule has 0 aliphatic carbocycles. The monoisotopic (exact) mass is 273 g/mol. The van der Waals surface area contributed by atoms with Crippen molar-refractivity contribution in [2.45, 2.75) is 19.4 Å². The summed E-state index contributed by atoms with van der Waals surface area (Å²) in [6.07, 6.45) is 1.57. The van der Waals surface area contributed by atoms with Crippen molar-refractivity contribution in [1.82, 2.24) is 4.31 Å². The van der Waals surface area contributed by atoms with Gasteiger partial charge in [-0.1, -0.05) is 0 Å². The third kappa shape index (κ3) is 3.11. The molecule has 1 fully saturated rings. The molecule has 1 unspecified atom stereocenters. The quantitative estimate of drug-likeness (QED) is 0.794. The SMILES string of the molecule is Cc1cc(OC2CCN(S(C)(=O)=O)C2)cc(=O)o1. The maximum atomic E-state index is 11.3. The maximum Gasteiger partial charge on any atom is 0.339 e. The molecule has 0 bridgehead atoms. The van der Waals surface area contributed by atoms with Gasteiger partial charge in [0, 0.05) is 12.6 Å². The number of nitrogens with zero attached hydrogens (tertiary/aromatic N) is 1. The fraction of sp³-hybridized carbons (Fsp3) is 0.545. The van der Waals surface area contributed by atoms with Crippen molar-refractivity contribution < 1.29 is 17.6 Å². The highest BCUT2D eigenvalue weighted by atomic mass is 32.2. The van der Waals surface area contributed by atoms with E-state index >= 15 is 0 Å². The smallest absolute Gasteiger partial charge is 0.339 e. The van der Waals surface area contributed by atoms with E-state index in [1.165, 1.54) is 16.6 Å². The van der Waals surface area contributed by atoms with Crippen molar-refractivity contribution >= 4 is 10.0 Å². The average molecular weight is 273 g/mol. The van der Waals surface area contributed by atoms with Gasteiger partial charge >= 0.3 is 5.63 Å². The molecule has 2 rings (SSSR count). The van der Waals surface area contributed by atoms with E-state index in [1.807, 2.05) is 0 Å². The molecule has 0 aromatic carbocycles. The highest BCUT2D eigenvalue weighted by Crippen LogP contribution is 2.19. The summed E-state index contributed by atoms with van der Waals surface area (Å²) >= 11 is 0. The van der Waals surface area contributed by atoms with Crippen molar-refractivity contribution in [3.63, 3.8) is 0 Å². The molecule has 1 aliphatic rings.